The maximum atomic E-state index is 12.1. The number of hydrogen-bond acceptors (Lipinski definition) is 6. The molecule has 0 aromatic rings. The van der Waals surface area contributed by atoms with E-state index in [-0.39, 0.29) is 13.2 Å². The lowest BCUT2D eigenvalue weighted by Gasteiger charge is -2.07. The van der Waals surface area contributed by atoms with E-state index in [1.807, 2.05) is 0 Å². The maximum absolute atomic E-state index is 12.1. The van der Waals surface area contributed by atoms with Crippen LogP contribution in [0.25, 0.3) is 0 Å². The van der Waals surface area contributed by atoms with Crippen molar-refractivity contribution in [3.63, 3.8) is 0 Å². The molecule has 22 heavy (non-hydrogen) atoms. The zero-order valence-corrected chi connectivity index (χ0v) is 14.5. The first-order chi connectivity index (χ1) is 9.41. The Balaban J connectivity index is -0.000000249. The van der Waals surface area contributed by atoms with E-state index in [9.17, 15) is 25.6 Å². The summed E-state index contributed by atoms with van der Waals surface area (Å²) in [6.07, 6.45) is 1.44. The lowest BCUT2D eigenvalue weighted by atomic mass is 10.3. The fourth-order valence-electron chi connectivity index (χ4n) is 0.224. The van der Waals surface area contributed by atoms with Gasteiger partial charge in [-0.15, -0.1) is 0 Å². The van der Waals surface area contributed by atoms with E-state index in [0.29, 0.717) is 0 Å². The van der Waals surface area contributed by atoms with E-state index in [1.165, 1.54) is 0 Å². The van der Waals surface area contributed by atoms with E-state index in [2.05, 4.69) is 0 Å². The molecule has 0 aliphatic rings. The number of hydrogen-bond donors (Lipinski definition) is 4. The summed E-state index contributed by atoms with van der Waals surface area (Å²) in [6, 6.07) is 0. The SMILES string of the molecule is CC(C)(F)S(=O)(=O)O.CC(C)(F)S(=O)(=O)O.OCCCCO. The number of rotatable bonds is 5. The van der Waals surface area contributed by atoms with Gasteiger partial charge >= 0.3 is 0 Å². The van der Waals surface area contributed by atoms with Crippen LogP contribution in [0, 0.1) is 0 Å². The third-order valence-electron chi connectivity index (χ3n) is 1.79. The van der Waals surface area contributed by atoms with Crippen LogP contribution in [0.2, 0.25) is 0 Å². The van der Waals surface area contributed by atoms with Crippen molar-refractivity contribution < 1.29 is 44.9 Å². The van der Waals surface area contributed by atoms with Gasteiger partial charge in [-0.05, 0) is 40.5 Å². The summed E-state index contributed by atoms with van der Waals surface area (Å²) < 4.78 is 79.4. The zero-order chi connectivity index (χ0) is 18.8. The molecule has 0 saturated carbocycles. The quantitative estimate of drug-likeness (QED) is 0.410. The van der Waals surface area contributed by atoms with Gasteiger partial charge in [-0.25, -0.2) is 8.78 Å². The average molecular weight is 374 g/mol. The molecule has 12 heteroatoms. The van der Waals surface area contributed by atoms with E-state index in [0.717, 1.165) is 40.5 Å². The topological polar surface area (TPSA) is 149 Å². The summed E-state index contributed by atoms with van der Waals surface area (Å²) in [7, 11) is -9.01. The van der Waals surface area contributed by atoms with Crippen LogP contribution in [0.15, 0.2) is 0 Å². The molecule has 0 fully saturated rings. The van der Waals surface area contributed by atoms with Gasteiger partial charge in [0.05, 0.1) is 0 Å². The lowest BCUT2D eigenvalue weighted by Crippen LogP contribution is -2.24. The summed E-state index contributed by atoms with van der Waals surface area (Å²) in [5.41, 5.74) is 0. The highest BCUT2D eigenvalue weighted by atomic mass is 32.2. The van der Waals surface area contributed by atoms with Crippen molar-refractivity contribution in [2.75, 3.05) is 13.2 Å². The van der Waals surface area contributed by atoms with Gasteiger partial charge in [-0.2, -0.15) is 16.8 Å². The molecular weight excluding hydrogens is 350 g/mol. The smallest absolute Gasteiger partial charge is 0.299 e. The maximum Gasteiger partial charge on any atom is 0.299 e. The molecule has 0 heterocycles. The second-order valence-electron chi connectivity index (χ2n) is 4.83. The van der Waals surface area contributed by atoms with Crippen LogP contribution in [0.4, 0.5) is 8.78 Å². The van der Waals surface area contributed by atoms with Gasteiger partial charge in [0.25, 0.3) is 20.2 Å². The summed E-state index contributed by atoms with van der Waals surface area (Å²) in [6.45, 7) is 3.45. The van der Waals surface area contributed by atoms with Crippen molar-refractivity contribution in [1.82, 2.24) is 0 Å². The first-order valence-corrected chi connectivity index (χ1v) is 8.83. The Bertz CT molecular complexity index is 428. The Hall–Kier alpha value is -0.400. The van der Waals surface area contributed by atoms with Crippen LogP contribution in [-0.4, -0.2) is 59.4 Å². The number of aliphatic hydroxyl groups excluding tert-OH is 2. The summed E-state index contributed by atoms with van der Waals surface area (Å²) >= 11 is 0. The molecule has 8 nitrogen and oxygen atoms in total. The zero-order valence-electron chi connectivity index (χ0n) is 12.8. The van der Waals surface area contributed by atoms with Gasteiger partial charge in [-0.3, -0.25) is 9.11 Å². The van der Waals surface area contributed by atoms with Crippen LogP contribution in [-0.2, 0) is 20.2 Å². The fraction of sp³-hybridized carbons (Fsp3) is 1.00. The second kappa shape index (κ2) is 10.4. The molecule has 138 valence electrons. The molecule has 0 rings (SSSR count). The number of aliphatic hydroxyl groups is 2. The minimum Gasteiger partial charge on any atom is -0.396 e. The third kappa shape index (κ3) is 16.0. The molecule has 0 bridgehead atoms. The van der Waals surface area contributed by atoms with Gasteiger partial charge in [0.2, 0.25) is 10.0 Å². The summed E-state index contributed by atoms with van der Waals surface area (Å²) in [5.74, 6) is 0. The van der Waals surface area contributed by atoms with Crippen LogP contribution in [0.1, 0.15) is 40.5 Å². The highest BCUT2D eigenvalue weighted by Crippen LogP contribution is 2.15. The predicted molar refractivity (Wildman–Crippen MR) is 76.9 cm³/mol. The molecule has 0 radical (unpaired) electrons. The van der Waals surface area contributed by atoms with Gasteiger partial charge in [0, 0.05) is 13.2 Å². The van der Waals surface area contributed by atoms with Crippen molar-refractivity contribution in [3.05, 3.63) is 0 Å². The van der Waals surface area contributed by atoms with Crippen molar-refractivity contribution in [2.24, 2.45) is 0 Å². The Morgan fingerprint density at radius 3 is 0.909 bits per heavy atom. The van der Waals surface area contributed by atoms with Crippen molar-refractivity contribution in [2.45, 2.75) is 50.5 Å². The number of unbranched alkanes of at least 4 members (excludes halogenated alkanes) is 1. The number of halogens is 2. The molecule has 0 spiro atoms. The Morgan fingerprint density at radius 1 is 0.727 bits per heavy atom. The second-order valence-corrected chi connectivity index (χ2v) is 8.67. The molecule has 4 N–H and O–H groups in total. The lowest BCUT2D eigenvalue weighted by molar-refractivity contribution is 0.242. The molecule has 0 aliphatic carbocycles. The summed E-state index contributed by atoms with van der Waals surface area (Å²) in [4.78, 5) is 0. The van der Waals surface area contributed by atoms with E-state index >= 15 is 0 Å². The predicted octanol–water partition coefficient (Wildman–Crippen LogP) is 0.911. The first-order valence-electron chi connectivity index (χ1n) is 5.95. The normalized spacial score (nSPS) is 12.6. The van der Waals surface area contributed by atoms with Gasteiger partial charge in [0.15, 0.2) is 0 Å². The van der Waals surface area contributed by atoms with E-state index in [1.54, 1.807) is 0 Å². The molecule has 0 atom stereocenters. The standard InChI is InChI=1S/C4H10O2.2C3H7FO3S/c5-3-1-2-4-6;2*1-3(2,4)8(5,6)7/h5-6H,1-4H2;2*1-2H3,(H,5,6,7). The average Bonchev–Trinajstić information content (AvgIpc) is 2.22. The highest BCUT2D eigenvalue weighted by Gasteiger charge is 2.32. The van der Waals surface area contributed by atoms with Crippen LogP contribution < -0.4 is 0 Å². The van der Waals surface area contributed by atoms with Crippen molar-refractivity contribution in [3.8, 4) is 0 Å². The van der Waals surface area contributed by atoms with Gasteiger partial charge < -0.3 is 10.2 Å². The van der Waals surface area contributed by atoms with Crippen molar-refractivity contribution >= 4 is 20.2 Å². The minimum atomic E-state index is -4.51. The van der Waals surface area contributed by atoms with E-state index < -0.39 is 30.2 Å². The minimum absolute atomic E-state index is 0.195. The van der Waals surface area contributed by atoms with Crippen LogP contribution in [0.5, 0.6) is 0 Å². The van der Waals surface area contributed by atoms with Crippen LogP contribution >= 0.6 is 0 Å². The van der Waals surface area contributed by atoms with E-state index in [4.69, 9.17) is 19.3 Å². The largest absolute Gasteiger partial charge is 0.396 e. The first kappa shape index (κ1) is 26.5. The number of alkyl halides is 2. The summed E-state index contributed by atoms with van der Waals surface area (Å²) in [5, 5.41) is 11.1. The monoisotopic (exact) mass is 374 g/mol. The fourth-order valence-corrected chi connectivity index (χ4v) is 0.224. The molecule has 0 unspecified atom stereocenters. The Morgan fingerprint density at radius 2 is 0.864 bits per heavy atom. The third-order valence-corrected chi connectivity index (χ3v) is 4.25. The molecule has 0 aliphatic heterocycles. The molecular formula is C10H24F2O8S2. The van der Waals surface area contributed by atoms with Crippen molar-refractivity contribution in [1.29, 1.82) is 0 Å². The van der Waals surface area contributed by atoms with Gasteiger partial charge in [0.1, 0.15) is 0 Å². The molecule has 0 aromatic heterocycles. The highest BCUT2D eigenvalue weighted by molar-refractivity contribution is 7.87. The Kier molecular flexibility index (Phi) is 12.5. The molecule has 0 aromatic carbocycles. The molecule has 0 amide bonds. The molecule has 0 saturated heterocycles. The Labute approximate surface area is 129 Å². The van der Waals surface area contributed by atoms with Gasteiger partial charge in [-0.1, -0.05) is 0 Å². The van der Waals surface area contributed by atoms with Crippen LogP contribution in [0.3, 0.4) is 0 Å².